The van der Waals surface area contributed by atoms with Gasteiger partial charge in [0.15, 0.2) is 0 Å². The Morgan fingerprint density at radius 1 is 1.39 bits per heavy atom. The molecule has 0 spiro atoms. The molecule has 1 aromatic rings. The maximum Gasteiger partial charge on any atom is 0.0635 e. The van der Waals surface area contributed by atoms with Crippen LogP contribution in [0.5, 0.6) is 0 Å². The monoisotopic (exact) mass is 288 g/mol. The Balaban J connectivity index is 2.11. The van der Waals surface area contributed by atoms with E-state index in [1.165, 1.54) is 0 Å². The molecule has 1 atom stereocenters. The third-order valence-electron chi connectivity index (χ3n) is 3.21. The van der Waals surface area contributed by atoms with Crippen molar-refractivity contribution in [2.75, 3.05) is 33.4 Å². The van der Waals surface area contributed by atoms with E-state index in [-0.39, 0.29) is 0 Å². The summed E-state index contributed by atoms with van der Waals surface area (Å²) in [4.78, 5) is 2.37. The SMILES string of the molecule is CNCC1COCCN1Cc1c(Cl)cccc1Cl. The Kier molecular flexibility index (Phi) is 5.27. The summed E-state index contributed by atoms with van der Waals surface area (Å²) in [6.45, 7) is 4.11. The number of benzene rings is 1. The molecule has 0 aromatic heterocycles. The summed E-state index contributed by atoms with van der Waals surface area (Å²) in [7, 11) is 1.95. The second-order valence-electron chi connectivity index (χ2n) is 4.46. The largest absolute Gasteiger partial charge is 0.378 e. The number of likely N-dealkylation sites (N-methyl/N-ethyl adjacent to an activating group) is 1. The first-order chi connectivity index (χ1) is 8.72. The van der Waals surface area contributed by atoms with E-state index in [1.54, 1.807) is 0 Å². The fraction of sp³-hybridized carbons (Fsp3) is 0.538. The van der Waals surface area contributed by atoms with E-state index in [0.29, 0.717) is 6.04 Å². The highest BCUT2D eigenvalue weighted by Gasteiger charge is 2.23. The molecule has 1 unspecified atom stereocenters. The van der Waals surface area contributed by atoms with E-state index in [0.717, 1.165) is 48.5 Å². The van der Waals surface area contributed by atoms with Gasteiger partial charge in [0, 0.05) is 41.3 Å². The lowest BCUT2D eigenvalue weighted by Crippen LogP contribution is -2.49. The van der Waals surface area contributed by atoms with Crippen molar-refractivity contribution in [2.24, 2.45) is 0 Å². The maximum absolute atomic E-state index is 6.22. The van der Waals surface area contributed by atoms with Crippen LogP contribution in [0.1, 0.15) is 5.56 Å². The minimum Gasteiger partial charge on any atom is -0.378 e. The number of hydrogen-bond donors (Lipinski definition) is 1. The Morgan fingerprint density at radius 3 is 2.78 bits per heavy atom. The highest BCUT2D eigenvalue weighted by molar-refractivity contribution is 6.35. The van der Waals surface area contributed by atoms with Crippen molar-refractivity contribution in [3.8, 4) is 0 Å². The summed E-state index contributed by atoms with van der Waals surface area (Å²) >= 11 is 12.4. The molecule has 0 bridgehead atoms. The van der Waals surface area contributed by atoms with Crippen LogP contribution in [0.2, 0.25) is 10.0 Å². The maximum atomic E-state index is 6.22. The Morgan fingerprint density at radius 2 is 2.11 bits per heavy atom. The second kappa shape index (κ2) is 6.73. The van der Waals surface area contributed by atoms with Gasteiger partial charge in [0.1, 0.15) is 0 Å². The Hall–Kier alpha value is -0.320. The van der Waals surface area contributed by atoms with Crippen molar-refractivity contribution in [1.82, 2.24) is 10.2 Å². The minimum atomic E-state index is 0.371. The second-order valence-corrected chi connectivity index (χ2v) is 5.27. The molecule has 0 saturated carbocycles. The van der Waals surface area contributed by atoms with Crippen LogP contribution in [0.4, 0.5) is 0 Å². The average molecular weight is 289 g/mol. The van der Waals surface area contributed by atoms with Crippen molar-refractivity contribution in [3.05, 3.63) is 33.8 Å². The molecule has 1 heterocycles. The summed E-state index contributed by atoms with van der Waals surface area (Å²) in [6.07, 6.45) is 0. The van der Waals surface area contributed by atoms with Gasteiger partial charge in [-0.15, -0.1) is 0 Å². The molecule has 0 amide bonds. The predicted molar refractivity (Wildman–Crippen MR) is 75.4 cm³/mol. The van der Waals surface area contributed by atoms with E-state index < -0.39 is 0 Å². The summed E-state index contributed by atoms with van der Waals surface area (Å²) in [5, 5.41) is 4.66. The van der Waals surface area contributed by atoms with Crippen LogP contribution in [0.15, 0.2) is 18.2 Å². The molecular weight excluding hydrogens is 271 g/mol. The summed E-state index contributed by atoms with van der Waals surface area (Å²) in [5.41, 5.74) is 1.00. The molecule has 1 fully saturated rings. The zero-order chi connectivity index (χ0) is 13.0. The van der Waals surface area contributed by atoms with Crippen molar-refractivity contribution >= 4 is 23.2 Å². The first kappa shape index (κ1) is 14.1. The normalized spacial score (nSPS) is 21.2. The molecule has 5 heteroatoms. The summed E-state index contributed by atoms with van der Waals surface area (Å²) in [6, 6.07) is 6.02. The van der Waals surface area contributed by atoms with Gasteiger partial charge in [-0.1, -0.05) is 29.3 Å². The summed E-state index contributed by atoms with van der Waals surface area (Å²) < 4.78 is 5.52. The van der Waals surface area contributed by atoms with Crippen molar-refractivity contribution in [3.63, 3.8) is 0 Å². The Labute approximate surface area is 118 Å². The standard InChI is InChI=1S/C13H18Cl2N2O/c1-16-7-10-9-18-6-5-17(10)8-11-12(14)3-2-4-13(11)15/h2-4,10,16H,5-9H2,1H3. The number of ether oxygens (including phenoxy) is 1. The molecule has 100 valence electrons. The van der Waals surface area contributed by atoms with Crippen molar-refractivity contribution < 1.29 is 4.74 Å². The molecule has 2 rings (SSSR count). The number of hydrogen-bond acceptors (Lipinski definition) is 3. The molecule has 18 heavy (non-hydrogen) atoms. The van der Waals surface area contributed by atoms with Gasteiger partial charge in [0.2, 0.25) is 0 Å². The number of morpholine rings is 1. The van der Waals surface area contributed by atoms with Crippen molar-refractivity contribution in [2.45, 2.75) is 12.6 Å². The molecule has 0 radical (unpaired) electrons. The van der Waals surface area contributed by atoms with E-state index in [2.05, 4.69) is 10.2 Å². The number of halogens is 2. The van der Waals surface area contributed by atoms with Crippen LogP contribution in [0.3, 0.4) is 0 Å². The molecule has 1 aliphatic rings. The molecule has 3 nitrogen and oxygen atoms in total. The smallest absolute Gasteiger partial charge is 0.0635 e. The lowest BCUT2D eigenvalue weighted by Gasteiger charge is -2.35. The average Bonchev–Trinajstić information content (AvgIpc) is 2.36. The highest BCUT2D eigenvalue weighted by atomic mass is 35.5. The van der Waals surface area contributed by atoms with Gasteiger partial charge in [-0.05, 0) is 19.2 Å². The summed E-state index contributed by atoms with van der Waals surface area (Å²) in [5.74, 6) is 0. The molecule has 0 aliphatic carbocycles. The van der Waals surface area contributed by atoms with Crippen LogP contribution in [0, 0.1) is 0 Å². The van der Waals surface area contributed by atoms with Gasteiger partial charge in [0.25, 0.3) is 0 Å². The van der Waals surface area contributed by atoms with E-state index in [1.807, 2.05) is 25.2 Å². The van der Waals surface area contributed by atoms with Gasteiger partial charge in [-0.2, -0.15) is 0 Å². The molecular formula is C13H18Cl2N2O. The minimum absolute atomic E-state index is 0.371. The highest BCUT2D eigenvalue weighted by Crippen LogP contribution is 2.26. The van der Waals surface area contributed by atoms with Crippen molar-refractivity contribution in [1.29, 1.82) is 0 Å². The zero-order valence-electron chi connectivity index (χ0n) is 10.5. The van der Waals surface area contributed by atoms with Crippen LogP contribution in [-0.2, 0) is 11.3 Å². The quantitative estimate of drug-likeness (QED) is 0.921. The van der Waals surface area contributed by atoms with Gasteiger partial charge in [-0.3, -0.25) is 4.90 Å². The Bertz CT molecular complexity index is 378. The van der Waals surface area contributed by atoms with Gasteiger partial charge < -0.3 is 10.1 Å². The zero-order valence-corrected chi connectivity index (χ0v) is 12.0. The molecule has 1 N–H and O–H groups in total. The van der Waals surface area contributed by atoms with Gasteiger partial charge in [-0.25, -0.2) is 0 Å². The lowest BCUT2D eigenvalue weighted by molar-refractivity contribution is -0.0103. The van der Waals surface area contributed by atoms with Gasteiger partial charge in [0.05, 0.1) is 13.2 Å². The number of nitrogens with one attached hydrogen (secondary N) is 1. The van der Waals surface area contributed by atoms with Crippen LogP contribution < -0.4 is 5.32 Å². The van der Waals surface area contributed by atoms with E-state index >= 15 is 0 Å². The van der Waals surface area contributed by atoms with Crippen LogP contribution in [0.25, 0.3) is 0 Å². The van der Waals surface area contributed by atoms with Crippen LogP contribution >= 0.6 is 23.2 Å². The first-order valence-corrected chi connectivity index (χ1v) is 6.87. The van der Waals surface area contributed by atoms with Crippen LogP contribution in [-0.4, -0.2) is 44.3 Å². The molecule has 1 saturated heterocycles. The fourth-order valence-corrected chi connectivity index (χ4v) is 2.72. The third-order valence-corrected chi connectivity index (χ3v) is 3.92. The number of nitrogens with zero attached hydrogens (tertiary/aromatic N) is 1. The van der Waals surface area contributed by atoms with E-state index in [4.69, 9.17) is 27.9 Å². The fourth-order valence-electron chi connectivity index (χ4n) is 2.21. The number of rotatable bonds is 4. The molecule has 1 aliphatic heterocycles. The third kappa shape index (κ3) is 3.37. The van der Waals surface area contributed by atoms with Gasteiger partial charge >= 0.3 is 0 Å². The van der Waals surface area contributed by atoms with E-state index in [9.17, 15) is 0 Å². The predicted octanol–water partition coefficient (Wildman–Crippen LogP) is 2.41. The lowest BCUT2D eigenvalue weighted by atomic mass is 10.1. The topological polar surface area (TPSA) is 24.5 Å². The first-order valence-electron chi connectivity index (χ1n) is 6.11. The molecule has 1 aromatic carbocycles.